The van der Waals surface area contributed by atoms with E-state index in [0.29, 0.717) is 12.2 Å². The van der Waals surface area contributed by atoms with E-state index in [-0.39, 0.29) is 10.6 Å². The molecule has 1 N–H and O–H groups in total. The van der Waals surface area contributed by atoms with E-state index < -0.39 is 12.0 Å². The minimum atomic E-state index is -0.949. The van der Waals surface area contributed by atoms with Crippen molar-refractivity contribution in [3.8, 4) is 6.07 Å². The highest BCUT2D eigenvalue weighted by atomic mass is 35.5. The first-order chi connectivity index (χ1) is 8.02. The molecule has 0 fully saturated rings. The van der Waals surface area contributed by atoms with Crippen LogP contribution in [0, 0.1) is 11.3 Å². The highest BCUT2D eigenvalue weighted by Gasteiger charge is 2.24. The number of pyridine rings is 1. The number of carboxylic acid groups (broad SMARTS) is 1. The fraction of sp³-hybridized carbons (Fsp3) is 0.364. The average Bonchev–Trinajstić information content (AvgIpc) is 2.29. The summed E-state index contributed by atoms with van der Waals surface area (Å²) in [5, 5.41) is 18.1. The van der Waals surface area contributed by atoms with Crippen molar-refractivity contribution in [3.05, 3.63) is 22.8 Å². The quantitative estimate of drug-likeness (QED) is 0.887. The third-order valence-electron chi connectivity index (χ3n) is 2.46. The van der Waals surface area contributed by atoms with E-state index in [9.17, 15) is 4.79 Å². The standard InChI is InChI=1S/C11H12ClN3O2/c1-3-8(11(16)17)15(2)10-9(12)7(6-13)4-5-14-10/h4-5,8H,3H2,1-2H3,(H,16,17). The maximum atomic E-state index is 11.0. The Hall–Kier alpha value is -1.80. The summed E-state index contributed by atoms with van der Waals surface area (Å²) < 4.78 is 0. The summed E-state index contributed by atoms with van der Waals surface area (Å²) in [5.74, 6) is -0.643. The second kappa shape index (κ2) is 5.51. The van der Waals surface area contributed by atoms with Gasteiger partial charge in [0.2, 0.25) is 0 Å². The van der Waals surface area contributed by atoms with E-state index in [4.69, 9.17) is 22.0 Å². The second-order valence-corrected chi connectivity index (χ2v) is 3.86. The number of carboxylic acids is 1. The molecule has 0 amide bonds. The molecule has 1 aromatic rings. The van der Waals surface area contributed by atoms with E-state index in [2.05, 4.69) is 4.98 Å². The van der Waals surface area contributed by atoms with Gasteiger partial charge in [0, 0.05) is 13.2 Å². The van der Waals surface area contributed by atoms with Crippen molar-refractivity contribution in [2.45, 2.75) is 19.4 Å². The molecule has 0 aromatic carbocycles. The summed E-state index contributed by atoms with van der Waals surface area (Å²) in [5.41, 5.74) is 0.281. The van der Waals surface area contributed by atoms with E-state index in [1.54, 1.807) is 14.0 Å². The molecule has 1 unspecified atom stereocenters. The normalized spacial score (nSPS) is 11.6. The predicted octanol–water partition coefficient (Wildman–Crippen LogP) is 1.91. The van der Waals surface area contributed by atoms with Crippen LogP contribution in [0.5, 0.6) is 0 Å². The highest BCUT2D eigenvalue weighted by Crippen LogP contribution is 2.27. The topological polar surface area (TPSA) is 77.2 Å². The van der Waals surface area contributed by atoms with Crippen molar-refractivity contribution in [1.29, 1.82) is 5.26 Å². The largest absolute Gasteiger partial charge is 0.480 e. The molecular formula is C11H12ClN3O2. The molecule has 1 rings (SSSR count). The Balaban J connectivity index is 3.16. The molecule has 0 saturated carbocycles. The summed E-state index contributed by atoms with van der Waals surface area (Å²) in [4.78, 5) is 16.5. The van der Waals surface area contributed by atoms with Gasteiger partial charge in [-0.3, -0.25) is 0 Å². The molecule has 17 heavy (non-hydrogen) atoms. The predicted molar refractivity (Wildman–Crippen MR) is 64.1 cm³/mol. The van der Waals surface area contributed by atoms with Gasteiger partial charge in [-0.1, -0.05) is 18.5 Å². The van der Waals surface area contributed by atoms with Crippen molar-refractivity contribution >= 4 is 23.4 Å². The van der Waals surface area contributed by atoms with Crippen LogP contribution in [0.15, 0.2) is 12.3 Å². The van der Waals surface area contributed by atoms with Crippen molar-refractivity contribution in [2.24, 2.45) is 0 Å². The smallest absolute Gasteiger partial charge is 0.326 e. The molecule has 1 atom stereocenters. The zero-order valence-electron chi connectivity index (χ0n) is 9.51. The van der Waals surface area contributed by atoms with E-state index in [1.165, 1.54) is 17.2 Å². The Morgan fingerprint density at radius 2 is 2.41 bits per heavy atom. The molecule has 0 spiro atoms. The van der Waals surface area contributed by atoms with Gasteiger partial charge >= 0.3 is 5.97 Å². The zero-order chi connectivity index (χ0) is 13.0. The summed E-state index contributed by atoms with van der Waals surface area (Å²) in [6, 6.07) is 2.70. The number of aromatic nitrogens is 1. The SMILES string of the molecule is CCC(C(=O)O)N(C)c1nccc(C#N)c1Cl. The molecule has 5 nitrogen and oxygen atoms in total. The number of hydrogen-bond donors (Lipinski definition) is 1. The minimum absolute atomic E-state index is 0.178. The highest BCUT2D eigenvalue weighted by molar-refractivity contribution is 6.34. The molecular weight excluding hydrogens is 242 g/mol. The molecule has 0 aliphatic heterocycles. The van der Waals surface area contributed by atoms with Crippen LogP contribution >= 0.6 is 11.6 Å². The number of nitrogens with zero attached hydrogens (tertiary/aromatic N) is 3. The van der Waals surface area contributed by atoms with E-state index in [0.717, 1.165) is 0 Å². The van der Waals surface area contributed by atoms with Gasteiger partial charge in [-0.25, -0.2) is 9.78 Å². The number of carbonyl (C=O) groups is 1. The summed E-state index contributed by atoms with van der Waals surface area (Å²) in [7, 11) is 1.59. The van der Waals surface area contributed by atoms with Crippen molar-refractivity contribution < 1.29 is 9.90 Å². The molecule has 6 heteroatoms. The van der Waals surface area contributed by atoms with Crippen LogP contribution in [0.25, 0.3) is 0 Å². The van der Waals surface area contributed by atoms with E-state index >= 15 is 0 Å². The zero-order valence-corrected chi connectivity index (χ0v) is 10.3. The number of hydrogen-bond acceptors (Lipinski definition) is 4. The fourth-order valence-corrected chi connectivity index (χ4v) is 1.81. The Morgan fingerprint density at radius 1 is 1.76 bits per heavy atom. The van der Waals surface area contributed by atoms with Crippen molar-refractivity contribution in [2.75, 3.05) is 11.9 Å². The lowest BCUT2D eigenvalue weighted by Crippen LogP contribution is -2.38. The molecule has 1 heterocycles. The van der Waals surface area contributed by atoms with Crippen LogP contribution in [0.3, 0.4) is 0 Å². The van der Waals surface area contributed by atoms with Crippen molar-refractivity contribution in [3.63, 3.8) is 0 Å². The number of rotatable bonds is 4. The van der Waals surface area contributed by atoms with E-state index in [1.807, 2.05) is 6.07 Å². The van der Waals surface area contributed by atoms with Crippen LogP contribution in [0.1, 0.15) is 18.9 Å². The minimum Gasteiger partial charge on any atom is -0.480 e. The van der Waals surface area contributed by atoms with Gasteiger partial charge in [0.1, 0.15) is 23.0 Å². The summed E-state index contributed by atoms with van der Waals surface area (Å²) in [6.45, 7) is 1.76. The van der Waals surface area contributed by atoms with Gasteiger partial charge in [-0.2, -0.15) is 5.26 Å². The van der Waals surface area contributed by atoms with Crippen LogP contribution in [-0.2, 0) is 4.79 Å². The number of halogens is 1. The van der Waals surface area contributed by atoms with Crippen LogP contribution in [-0.4, -0.2) is 29.1 Å². The Morgan fingerprint density at radius 3 is 2.88 bits per heavy atom. The first kappa shape index (κ1) is 13.3. The number of nitriles is 1. The summed E-state index contributed by atoms with van der Waals surface area (Å²) in [6.07, 6.45) is 1.85. The van der Waals surface area contributed by atoms with Gasteiger partial charge in [-0.05, 0) is 12.5 Å². The number of likely N-dealkylation sites (N-methyl/N-ethyl adjacent to an activating group) is 1. The van der Waals surface area contributed by atoms with Gasteiger partial charge in [0.15, 0.2) is 0 Å². The fourth-order valence-electron chi connectivity index (χ4n) is 1.53. The summed E-state index contributed by atoms with van der Waals surface area (Å²) >= 11 is 5.99. The van der Waals surface area contributed by atoms with Gasteiger partial charge in [0.25, 0.3) is 0 Å². The van der Waals surface area contributed by atoms with Gasteiger partial charge in [0.05, 0.1) is 5.56 Å². The van der Waals surface area contributed by atoms with Crippen LogP contribution < -0.4 is 4.90 Å². The molecule has 0 radical (unpaired) electrons. The van der Waals surface area contributed by atoms with Gasteiger partial charge in [-0.15, -0.1) is 0 Å². The molecule has 90 valence electrons. The van der Waals surface area contributed by atoms with Gasteiger partial charge < -0.3 is 10.0 Å². The Labute approximate surface area is 104 Å². The maximum absolute atomic E-state index is 11.0. The Kier molecular flexibility index (Phi) is 4.30. The average molecular weight is 254 g/mol. The number of anilines is 1. The molecule has 0 saturated heterocycles. The lowest BCUT2D eigenvalue weighted by Gasteiger charge is -2.25. The molecule has 1 aromatic heterocycles. The third-order valence-corrected chi connectivity index (χ3v) is 2.84. The lowest BCUT2D eigenvalue weighted by atomic mass is 10.2. The second-order valence-electron chi connectivity index (χ2n) is 3.48. The molecule has 0 aliphatic carbocycles. The lowest BCUT2D eigenvalue weighted by molar-refractivity contribution is -0.138. The Bertz CT molecular complexity index is 470. The third kappa shape index (κ3) is 2.66. The first-order valence-corrected chi connectivity index (χ1v) is 5.41. The monoisotopic (exact) mass is 253 g/mol. The number of aliphatic carboxylic acids is 1. The van der Waals surface area contributed by atoms with Crippen LogP contribution in [0.2, 0.25) is 5.02 Å². The van der Waals surface area contributed by atoms with Crippen LogP contribution in [0.4, 0.5) is 5.82 Å². The molecule has 0 bridgehead atoms. The maximum Gasteiger partial charge on any atom is 0.326 e. The molecule has 0 aliphatic rings. The van der Waals surface area contributed by atoms with Crippen molar-refractivity contribution in [1.82, 2.24) is 4.98 Å². The first-order valence-electron chi connectivity index (χ1n) is 5.03.